The van der Waals surface area contributed by atoms with E-state index in [1.54, 1.807) is 6.92 Å². The number of ether oxygens (including phenoxy) is 1. The molecule has 3 nitrogen and oxygen atoms in total. The largest absolute Gasteiger partial charge is 0.573 e. The zero-order chi connectivity index (χ0) is 18.4. The Labute approximate surface area is 140 Å². The highest BCUT2D eigenvalue weighted by Crippen LogP contribution is 2.22. The first-order chi connectivity index (χ1) is 11.8. The first-order valence-electron chi connectivity index (χ1n) is 7.18. The summed E-state index contributed by atoms with van der Waals surface area (Å²) in [6.45, 7) is 1.78. The van der Waals surface area contributed by atoms with Gasteiger partial charge in [-0.25, -0.2) is 8.78 Å². The average Bonchev–Trinajstić information content (AvgIpc) is 2.53. The first-order valence-corrected chi connectivity index (χ1v) is 7.18. The van der Waals surface area contributed by atoms with Crippen LogP contribution in [0.15, 0.2) is 46.6 Å². The molecule has 0 N–H and O–H groups in total. The van der Waals surface area contributed by atoms with E-state index in [2.05, 4.69) is 14.9 Å². The predicted octanol–water partition coefficient (Wildman–Crippen LogP) is 4.88. The number of halogens is 5. The summed E-state index contributed by atoms with van der Waals surface area (Å²) in [5.74, 6) is -1.86. The SMILES string of the molecule is CCc1cc(F)c(/C=N/N=C\c2ccc(OC(F)(F)F)cc2)c(F)c1. The Morgan fingerprint density at radius 2 is 1.52 bits per heavy atom. The third-order valence-electron chi connectivity index (χ3n) is 3.12. The van der Waals surface area contributed by atoms with E-state index in [9.17, 15) is 22.0 Å². The number of hydrogen-bond acceptors (Lipinski definition) is 3. The average molecular weight is 356 g/mol. The van der Waals surface area contributed by atoms with Gasteiger partial charge < -0.3 is 4.74 Å². The summed E-state index contributed by atoms with van der Waals surface area (Å²) in [7, 11) is 0. The minimum atomic E-state index is -4.76. The number of benzene rings is 2. The van der Waals surface area contributed by atoms with Gasteiger partial charge in [-0.05, 0) is 53.9 Å². The maximum Gasteiger partial charge on any atom is 0.573 e. The summed E-state index contributed by atoms with van der Waals surface area (Å²) in [6.07, 6.45) is -2.11. The molecule has 0 aliphatic rings. The lowest BCUT2D eigenvalue weighted by atomic mass is 10.1. The van der Waals surface area contributed by atoms with Crippen LogP contribution in [0.2, 0.25) is 0 Å². The smallest absolute Gasteiger partial charge is 0.406 e. The van der Waals surface area contributed by atoms with Crippen molar-refractivity contribution in [2.24, 2.45) is 10.2 Å². The van der Waals surface area contributed by atoms with E-state index in [4.69, 9.17) is 0 Å². The molecule has 2 rings (SSSR count). The summed E-state index contributed by atoms with van der Waals surface area (Å²) >= 11 is 0. The minimum absolute atomic E-state index is 0.316. The standard InChI is InChI=1S/C17H13F5N2O/c1-2-11-7-15(18)14(16(19)8-11)10-24-23-9-12-3-5-13(6-4-12)25-17(20,21)22/h3-10H,2H2,1H3/b23-9-,24-10+. The zero-order valence-electron chi connectivity index (χ0n) is 13.0. The van der Waals surface area contributed by atoms with Crippen molar-refractivity contribution in [3.8, 4) is 5.75 Å². The lowest BCUT2D eigenvalue weighted by molar-refractivity contribution is -0.274. The topological polar surface area (TPSA) is 34.0 Å². The van der Waals surface area contributed by atoms with Gasteiger partial charge in [-0.1, -0.05) is 6.92 Å². The van der Waals surface area contributed by atoms with Gasteiger partial charge in [0.25, 0.3) is 0 Å². The van der Waals surface area contributed by atoms with E-state index in [-0.39, 0.29) is 11.3 Å². The number of nitrogens with zero attached hydrogens (tertiary/aromatic N) is 2. The van der Waals surface area contributed by atoms with Crippen LogP contribution in [-0.2, 0) is 6.42 Å². The predicted molar refractivity (Wildman–Crippen MR) is 84.0 cm³/mol. The van der Waals surface area contributed by atoms with Gasteiger partial charge >= 0.3 is 6.36 Å². The first kappa shape index (κ1) is 18.6. The second kappa shape index (κ2) is 7.87. The molecule has 132 valence electrons. The fraction of sp³-hybridized carbons (Fsp3) is 0.176. The van der Waals surface area contributed by atoms with Crippen molar-refractivity contribution in [1.29, 1.82) is 0 Å². The van der Waals surface area contributed by atoms with Gasteiger partial charge in [-0.2, -0.15) is 10.2 Å². The van der Waals surface area contributed by atoms with Crippen LogP contribution in [0.4, 0.5) is 22.0 Å². The Morgan fingerprint density at radius 3 is 2.04 bits per heavy atom. The van der Waals surface area contributed by atoms with Crippen LogP contribution in [0, 0.1) is 11.6 Å². The third kappa shape index (κ3) is 5.66. The maximum atomic E-state index is 13.7. The molecule has 0 heterocycles. The molecule has 0 bridgehead atoms. The Balaban J connectivity index is 2.05. The monoisotopic (exact) mass is 356 g/mol. The molecule has 0 saturated carbocycles. The second-order valence-electron chi connectivity index (χ2n) is 4.93. The highest BCUT2D eigenvalue weighted by Gasteiger charge is 2.30. The van der Waals surface area contributed by atoms with Gasteiger partial charge in [0.15, 0.2) is 0 Å². The van der Waals surface area contributed by atoms with Crippen molar-refractivity contribution in [3.63, 3.8) is 0 Å². The number of rotatable bonds is 5. The molecule has 8 heteroatoms. The van der Waals surface area contributed by atoms with Crippen molar-refractivity contribution in [2.45, 2.75) is 19.7 Å². The van der Waals surface area contributed by atoms with Gasteiger partial charge in [-0.15, -0.1) is 13.2 Å². The number of hydrogen-bond donors (Lipinski definition) is 0. The lowest BCUT2D eigenvalue weighted by Crippen LogP contribution is -2.16. The third-order valence-corrected chi connectivity index (χ3v) is 3.12. The van der Waals surface area contributed by atoms with Crippen molar-refractivity contribution < 1.29 is 26.7 Å². The van der Waals surface area contributed by atoms with Crippen molar-refractivity contribution in [3.05, 3.63) is 64.7 Å². The molecular weight excluding hydrogens is 343 g/mol. The molecule has 0 amide bonds. The molecule has 2 aromatic carbocycles. The Morgan fingerprint density at radius 1 is 0.960 bits per heavy atom. The van der Waals surface area contributed by atoms with Gasteiger partial charge in [-0.3, -0.25) is 0 Å². The molecular formula is C17H13F5N2O. The quantitative estimate of drug-likeness (QED) is 0.427. The molecule has 0 fully saturated rings. The van der Waals surface area contributed by atoms with E-state index >= 15 is 0 Å². The van der Waals surface area contributed by atoms with E-state index in [0.29, 0.717) is 17.5 Å². The summed E-state index contributed by atoms with van der Waals surface area (Å²) in [6, 6.07) is 7.32. The van der Waals surface area contributed by atoms with E-state index < -0.39 is 18.0 Å². The molecule has 2 aromatic rings. The minimum Gasteiger partial charge on any atom is -0.406 e. The fourth-order valence-electron chi connectivity index (χ4n) is 1.91. The van der Waals surface area contributed by atoms with Gasteiger partial charge in [0, 0.05) is 0 Å². The normalized spacial score (nSPS) is 12.2. The van der Waals surface area contributed by atoms with Crippen LogP contribution >= 0.6 is 0 Å². The molecule has 0 saturated heterocycles. The Kier molecular flexibility index (Phi) is 5.84. The molecule has 0 aliphatic heterocycles. The van der Waals surface area contributed by atoms with E-state index in [1.165, 1.54) is 30.5 Å². The summed E-state index contributed by atoms with van der Waals surface area (Å²) < 4.78 is 67.3. The van der Waals surface area contributed by atoms with Gasteiger partial charge in [0.1, 0.15) is 17.4 Å². The molecule has 0 radical (unpaired) electrons. The van der Waals surface area contributed by atoms with Crippen LogP contribution in [0.5, 0.6) is 5.75 Å². The summed E-state index contributed by atoms with van der Waals surface area (Å²) in [5, 5.41) is 7.16. The second-order valence-corrected chi connectivity index (χ2v) is 4.93. The van der Waals surface area contributed by atoms with E-state index in [0.717, 1.165) is 18.3 Å². The van der Waals surface area contributed by atoms with Crippen LogP contribution < -0.4 is 4.74 Å². The molecule has 0 unspecified atom stereocenters. The van der Waals surface area contributed by atoms with Crippen LogP contribution in [0.3, 0.4) is 0 Å². The number of alkyl halides is 3. The molecule has 0 aromatic heterocycles. The van der Waals surface area contributed by atoms with Gasteiger partial charge in [0.2, 0.25) is 0 Å². The van der Waals surface area contributed by atoms with Crippen LogP contribution in [0.25, 0.3) is 0 Å². The van der Waals surface area contributed by atoms with Crippen LogP contribution in [0.1, 0.15) is 23.6 Å². The summed E-state index contributed by atoms with van der Waals surface area (Å²) in [4.78, 5) is 0. The fourth-order valence-corrected chi connectivity index (χ4v) is 1.91. The number of aryl methyl sites for hydroxylation is 1. The highest BCUT2D eigenvalue weighted by molar-refractivity contribution is 5.83. The zero-order valence-corrected chi connectivity index (χ0v) is 13.0. The van der Waals surface area contributed by atoms with Crippen LogP contribution in [-0.4, -0.2) is 18.8 Å². The van der Waals surface area contributed by atoms with E-state index in [1.807, 2.05) is 0 Å². The highest BCUT2D eigenvalue weighted by atomic mass is 19.4. The molecule has 0 aliphatic carbocycles. The Bertz CT molecular complexity index is 760. The van der Waals surface area contributed by atoms with Crippen molar-refractivity contribution in [2.75, 3.05) is 0 Å². The van der Waals surface area contributed by atoms with Crippen molar-refractivity contribution in [1.82, 2.24) is 0 Å². The van der Waals surface area contributed by atoms with Crippen molar-refractivity contribution >= 4 is 12.4 Å². The lowest BCUT2D eigenvalue weighted by Gasteiger charge is -2.08. The molecule has 0 spiro atoms. The Hall–Kier alpha value is -2.77. The maximum absolute atomic E-state index is 13.7. The van der Waals surface area contributed by atoms with Gasteiger partial charge in [0.05, 0.1) is 18.0 Å². The summed E-state index contributed by atoms with van der Waals surface area (Å²) in [5.41, 5.74) is 0.647. The molecule has 0 atom stereocenters. The molecule has 25 heavy (non-hydrogen) atoms.